The number of hydrogen-bond donors (Lipinski definition) is 3. The van der Waals surface area contributed by atoms with Crippen LogP contribution in [0.3, 0.4) is 0 Å². The Labute approximate surface area is 403 Å². The van der Waals surface area contributed by atoms with Crippen molar-refractivity contribution in [2.45, 2.75) is 264 Å². The van der Waals surface area contributed by atoms with Gasteiger partial charge in [-0.25, -0.2) is 4.57 Å². The third-order valence-electron chi connectivity index (χ3n) is 12.3. The van der Waals surface area contributed by atoms with E-state index in [1.165, 1.54) is 161 Å². The molecule has 3 atom stereocenters. The van der Waals surface area contributed by atoms with Gasteiger partial charge in [0, 0.05) is 6.42 Å². The molecule has 0 aromatic rings. The Bertz CT molecular complexity index is 1200. The van der Waals surface area contributed by atoms with E-state index >= 15 is 0 Å². The summed E-state index contributed by atoms with van der Waals surface area (Å²) in [6.45, 7) is 4.77. The van der Waals surface area contributed by atoms with Crippen molar-refractivity contribution >= 4 is 13.7 Å². The molecule has 0 saturated heterocycles. The number of carbonyl (C=O) groups excluding carboxylic acids is 1. The van der Waals surface area contributed by atoms with Crippen LogP contribution in [-0.2, 0) is 18.4 Å². The molecule has 0 fully saturated rings. The van der Waals surface area contributed by atoms with Crippen LogP contribution in [-0.4, -0.2) is 73.4 Å². The fourth-order valence-corrected chi connectivity index (χ4v) is 8.77. The van der Waals surface area contributed by atoms with E-state index in [1.807, 2.05) is 21.1 Å². The van der Waals surface area contributed by atoms with Crippen molar-refractivity contribution < 1.29 is 32.9 Å². The van der Waals surface area contributed by atoms with Crippen molar-refractivity contribution in [1.82, 2.24) is 5.32 Å². The van der Waals surface area contributed by atoms with Gasteiger partial charge in [0.25, 0.3) is 0 Å². The van der Waals surface area contributed by atoms with Crippen LogP contribution >= 0.6 is 7.82 Å². The van der Waals surface area contributed by atoms with E-state index in [0.29, 0.717) is 23.9 Å². The zero-order valence-electron chi connectivity index (χ0n) is 43.5. The monoisotopic (exact) mass is 936 g/mol. The van der Waals surface area contributed by atoms with E-state index < -0.39 is 20.0 Å². The van der Waals surface area contributed by atoms with E-state index in [2.05, 4.69) is 67.8 Å². The molecule has 0 heterocycles. The Hall–Kier alpha value is -1.54. The number of nitrogens with one attached hydrogen (secondary N) is 1. The van der Waals surface area contributed by atoms with Gasteiger partial charge in [0.15, 0.2) is 0 Å². The molecule has 0 aliphatic rings. The third kappa shape index (κ3) is 50.2. The Kier molecular flexibility index (Phi) is 46.4. The first-order valence-electron chi connectivity index (χ1n) is 27.5. The highest BCUT2D eigenvalue weighted by molar-refractivity contribution is 7.47. The quantitative estimate of drug-likeness (QED) is 0.0243. The molecule has 0 aliphatic carbocycles. The lowest BCUT2D eigenvalue weighted by Gasteiger charge is -2.26. The number of likely N-dealkylation sites (N-methyl/N-ethyl adjacent to an activating group) is 1. The first-order valence-corrected chi connectivity index (χ1v) is 29.0. The number of unbranched alkanes of at least 4 members (excludes halogenated alkanes) is 29. The Morgan fingerprint density at radius 2 is 0.923 bits per heavy atom. The van der Waals surface area contributed by atoms with Crippen molar-refractivity contribution in [3.8, 4) is 0 Å². The molecule has 0 saturated carbocycles. The fraction of sp³-hybridized carbons (Fsp3) is 0.839. The summed E-state index contributed by atoms with van der Waals surface area (Å²) in [7, 11) is 1.62. The average molecular weight is 936 g/mol. The van der Waals surface area contributed by atoms with Gasteiger partial charge in [0.1, 0.15) is 13.2 Å². The lowest BCUT2D eigenvalue weighted by Crippen LogP contribution is -2.46. The van der Waals surface area contributed by atoms with Crippen LogP contribution < -0.4 is 5.32 Å². The van der Waals surface area contributed by atoms with Crippen molar-refractivity contribution in [2.24, 2.45) is 0 Å². The molecular weight excluding hydrogens is 828 g/mol. The smallest absolute Gasteiger partial charge is 0.391 e. The summed E-state index contributed by atoms with van der Waals surface area (Å²) in [6, 6.07) is -0.757. The summed E-state index contributed by atoms with van der Waals surface area (Å²) < 4.78 is 23.7. The van der Waals surface area contributed by atoms with Crippen LogP contribution in [0.15, 0.2) is 48.6 Å². The Morgan fingerprint density at radius 1 is 0.538 bits per heavy atom. The van der Waals surface area contributed by atoms with Gasteiger partial charge in [-0.15, -0.1) is 0 Å². The summed E-state index contributed by atoms with van der Waals surface area (Å²) in [5, 5.41) is 14.0. The number of nitrogens with zero attached hydrogens (tertiary/aromatic N) is 1. The molecule has 65 heavy (non-hydrogen) atoms. The molecule has 1 amide bonds. The zero-order chi connectivity index (χ0) is 47.8. The van der Waals surface area contributed by atoms with E-state index in [1.54, 1.807) is 0 Å². The number of quaternary nitrogens is 1. The number of aliphatic hydroxyl groups is 1. The van der Waals surface area contributed by atoms with Gasteiger partial charge in [-0.1, -0.05) is 242 Å². The first kappa shape index (κ1) is 63.5. The molecule has 3 N–H and O–H groups in total. The van der Waals surface area contributed by atoms with Gasteiger partial charge in [-0.3, -0.25) is 13.8 Å². The summed E-state index contributed by atoms with van der Waals surface area (Å²) in [5.41, 5.74) is 0. The lowest BCUT2D eigenvalue weighted by atomic mass is 10.0. The Morgan fingerprint density at radius 3 is 1.35 bits per heavy atom. The molecule has 3 unspecified atom stereocenters. The summed E-state index contributed by atoms with van der Waals surface area (Å²) >= 11 is 0. The van der Waals surface area contributed by atoms with E-state index in [0.717, 1.165) is 64.2 Å². The van der Waals surface area contributed by atoms with Gasteiger partial charge < -0.3 is 19.8 Å². The molecule has 0 aromatic heterocycles. The molecule has 9 heteroatoms. The summed E-state index contributed by atoms with van der Waals surface area (Å²) in [5.74, 6) is -0.144. The van der Waals surface area contributed by atoms with Crippen LogP contribution in [0.2, 0.25) is 0 Å². The molecule has 0 spiro atoms. The number of aliphatic hydroxyl groups excluding tert-OH is 1. The van der Waals surface area contributed by atoms with Crippen LogP contribution in [0.25, 0.3) is 0 Å². The number of carbonyl (C=O) groups is 1. The number of hydrogen-bond acceptors (Lipinski definition) is 5. The van der Waals surface area contributed by atoms with Crippen molar-refractivity contribution in [1.29, 1.82) is 0 Å². The second-order valence-electron chi connectivity index (χ2n) is 19.9. The third-order valence-corrected chi connectivity index (χ3v) is 13.3. The number of phosphoric ester groups is 1. The molecule has 0 radical (unpaired) electrons. The van der Waals surface area contributed by atoms with Gasteiger partial charge in [0.05, 0.1) is 39.9 Å². The van der Waals surface area contributed by atoms with Crippen molar-refractivity contribution in [3.05, 3.63) is 48.6 Å². The van der Waals surface area contributed by atoms with Crippen molar-refractivity contribution in [2.75, 3.05) is 40.9 Å². The number of rotatable bonds is 50. The van der Waals surface area contributed by atoms with Crippen LogP contribution in [0.5, 0.6) is 0 Å². The molecule has 0 bridgehead atoms. The maximum Gasteiger partial charge on any atom is 0.472 e. The molecule has 0 aromatic carbocycles. The van der Waals surface area contributed by atoms with Crippen molar-refractivity contribution in [3.63, 3.8) is 0 Å². The molecule has 8 nitrogen and oxygen atoms in total. The predicted octanol–water partition coefficient (Wildman–Crippen LogP) is 16.4. The number of amides is 1. The summed E-state index contributed by atoms with van der Waals surface area (Å²) in [4.78, 5) is 23.2. The van der Waals surface area contributed by atoms with Gasteiger partial charge in [-0.2, -0.15) is 0 Å². The maximum absolute atomic E-state index is 12.9. The van der Waals surface area contributed by atoms with E-state index in [9.17, 15) is 19.4 Å². The largest absolute Gasteiger partial charge is 0.472 e. The average Bonchev–Trinajstić information content (AvgIpc) is 3.26. The highest BCUT2D eigenvalue weighted by Crippen LogP contribution is 2.43. The molecular formula is C56H108N2O6P+. The minimum absolute atomic E-state index is 0.0754. The minimum Gasteiger partial charge on any atom is -0.391 e. The normalized spacial score (nSPS) is 14.4. The standard InChI is InChI=1S/C56H107N2O6P/c1-6-8-10-12-14-16-18-19-20-21-22-23-24-25-26-27-28-29-30-31-32-33-34-35-36-37-38-39-40-42-44-46-48-50-56(60)57-54(53-64-65(61,62)63-52-51-58(3,4)5)55(59)49-47-45-43-41-17-15-13-11-9-7-2/h8,10,14,16,19-20,22-23,54-55,59H,6-7,9,11-13,15,17-18,21,24-53H2,1-5H3,(H-,57,60,61,62)/p+1/b10-8-,16-14-,20-19-,23-22-. The number of phosphoric acid groups is 1. The maximum atomic E-state index is 12.9. The van der Waals surface area contributed by atoms with E-state index in [4.69, 9.17) is 9.05 Å². The van der Waals surface area contributed by atoms with Crippen LogP contribution in [0.1, 0.15) is 251 Å². The van der Waals surface area contributed by atoms with Gasteiger partial charge >= 0.3 is 7.82 Å². The fourth-order valence-electron chi connectivity index (χ4n) is 8.04. The van der Waals surface area contributed by atoms with Crippen LogP contribution in [0.4, 0.5) is 0 Å². The van der Waals surface area contributed by atoms with Gasteiger partial charge in [-0.05, 0) is 51.4 Å². The predicted molar refractivity (Wildman–Crippen MR) is 281 cm³/mol. The highest BCUT2D eigenvalue weighted by atomic mass is 31.2. The van der Waals surface area contributed by atoms with E-state index in [-0.39, 0.29) is 19.1 Å². The van der Waals surface area contributed by atoms with Gasteiger partial charge in [0.2, 0.25) is 5.91 Å². The molecule has 0 aliphatic heterocycles. The topological polar surface area (TPSA) is 105 Å². The minimum atomic E-state index is -4.31. The number of allylic oxidation sites excluding steroid dienone is 8. The second kappa shape index (κ2) is 47.5. The zero-order valence-corrected chi connectivity index (χ0v) is 44.4. The molecule has 0 rings (SSSR count). The van der Waals surface area contributed by atoms with Crippen LogP contribution in [0, 0.1) is 0 Å². The summed E-state index contributed by atoms with van der Waals surface area (Å²) in [6.07, 6.45) is 61.8. The second-order valence-corrected chi connectivity index (χ2v) is 21.4. The Balaban J connectivity index is 3.93. The molecule has 382 valence electrons. The SMILES string of the molecule is CC/C=C\C/C=C\C/C=C\C/C=C\CCCCCCCCCCCCCCCCCCCCCCC(=O)NC(COP(=O)(O)OCC[N+](C)(C)C)C(O)CCCCCCCCCCCC. The lowest BCUT2D eigenvalue weighted by molar-refractivity contribution is -0.870. The first-order chi connectivity index (χ1) is 31.5. The highest BCUT2D eigenvalue weighted by Gasteiger charge is 2.28.